The molecule has 0 unspecified atom stereocenters. The predicted octanol–water partition coefficient (Wildman–Crippen LogP) is 2.99. The molecule has 0 aliphatic carbocycles. The van der Waals surface area contributed by atoms with Gasteiger partial charge in [-0.15, -0.1) is 0 Å². The lowest BCUT2D eigenvalue weighted by molar-refractivity contribution is 0.202. The second-order valence-corrected chi connectivity index (χ2v) is 4.34. The zero-order valence-corrected chi connectivity index (χ0v) is 10.2. The number of rotatable bonds is 2. The number of aromatic nitrogens is 1. The largest absolute Gasteiger partial charge is 0.466 e. The molecule has 1 aliphatic rings. The SMILES string of the molecule is C[C@@H]1N=C(c2ccccn2)O[C@H]1c1ccccc1. The standard InChI is InChI=1S/C15H14N2O/c1-11-14(12-7-3-2-4-8-12)18-15(17-11)13-9-5-6-10-16-13/h2-11,14H,1H3/t11-,14+/m0/s1. The number of ether oxygens (including phenoxy) is 1. The summed E-state index contributed by atoms with van der Waals surface area (Å²) < 4.78 is 5.93. The minimum absolute atomic E-state index is 0.0109. The third-order valence-corrected chi connectivity index (χ3v) is 3.01. The van der Waals surface area contributed by atoms with Crippen molar-refractivity contribution in [2.75, 3.05) is 0 Å². The Balaban J connectivity index is 1.85. The monoisotopic (exact) mass is 238 g/mol. The van der Waals surface area contributed by atoms with Crippen LogP contribution in [-0.2, 0) is 4.74 Å². The van der Waals surface area contributed by atoms with Crippen LogP contribution in [0.4, 0.5) is 0 Å². The summed E-state index contributed by atoms with van der Waals surface area (Å²) in [7, 11) is 0. The van der Waals surface area contributed by atoms with Crippen molar-refractivity contribution in [3.63, 3.8) is 0 Å². The average Bonchev–Trinajstić information content (AvgIpc) is 2.83. The third kappa shape index (κ3) is 1.99. The van der Waals surface area contributed by atoms with Gasteiger partial charge in [-0.25, -0.2) is 4.99 Å². The van der Waals surface area contributed by atoms with E-state index in [1.165, 1.54) is 0 Å². The Hall–Kier alpha value is -2.16. The number of nitrogens with zero attached hydrogens (tertiary/aromatic N) is 2. The van der Waals surface area contributed by atoms with Gasteiger partial charge >= 0.3 is 0 Å². The Kier molecular flexibility index (Phi) is 2.81. The van der Waals surface area contributed by atoms with E-state index in [2.05, 4.69) is 29.0 Å². The topological polar surface area (TPSA) is 34.5 Å². The summed E-state index contributed by atoms with van der Waals surface area (Å²) in [4.78, 5) is 8.82. The molecule has 3 nitrogen and oxygen atoms in total. The molecular weight excluding hydrogens is 224 g/mol. The Bertz CT molecular complexity index is 551. The van der Waals surface area contributed by atoms with Crippen molar-refractivity contribution in [1.82, 2.24) is 4.98 Å². The van der Waals surface area contributed by atoms with Gasteiger partial charge in [-0.3, -0.25) is 4.98 Å². The Morgan fingerprint density at radius 3 is 2.50 bits per heavy atom. The van der Waals surface area contributed by atoms with Gasteiger partial charge in [0.15, 0.2) is 0 Å². The molecule has 1 aromatic heterocycles. The van der Waals surface area contributed by atoms with Gasteiger partial charge < -0.3 is 4.74 Å². The van der Waals surface area contributed by atoms with Gasteiger partial charge in [-0.2, -0.15) is 0 Å². The lowest BCUT2D eigenvalue weighted by atomic mass is 10.0. The van der Waals surface area contributed by atoms with E-state index in [1.807, 2.05) is 36.4 Å². The maximum atomic E-state index is 5.93. The van der Waals surface area contributed by atoms with Crippen LogP contribution in [0, 0.1) is 0 Å². The molecule has 0 saturated heterocycles. The lowest BCUT2D eigenvalue weighted by Crippen LogP contribution is -2.11. The normalized spacial score (nSPS) is 22.4. The van der Waals surface area contributed by atoms with E-state index in [1.54, 1.807) is 6.20 Å². The average molecular weight is 238 g/mol. The summed E-state index contributed by atoms with van der Waals surface area (Å²) in [5, 5.41) is 0. The first-order chi connectivity index (χ1) is 8.84. The number of benzene rings is 1. The smallest absolute Gasteiger partial charge is 0.236 e. The van der Waals surface area contributed by atoms with Crippen LogP contribution >= 0.6 is 0 Å². The summed E-state index contributed by atoms with van der Waals surface area (Å²) in [6.07, 6.45) is 1.74. The Morgan fingerprint density at radius 2 is 1.78 bits per heavy atom. The second kappa shape index (κ2) is 4.61. The highest BCUT2D eigenvalue weighted by molar-refractivity contribution is 5.93. The molecule has 90 valence electrons. The van der Waals surface area contributed by atoms with Crippen molar-refractivity contribution >= 4 is 5.90 Å². The molecule has 1 aromatic carbocycles. The van der Waals surface area contributed by atoms with Gasteiger partial charge in [-0.05, 0) is 24.6 Å². The molecule has 0 spiro atoms. The molecule has 0 fully saturated rings. The van der Waals surface area contributed by atoms with E-state index >= 15 is 0 Å². The zero-order valence-electron chi connectivity index (χ0n) is 10.2. The van der Waals surface area contributed by atoms with Crippen LogP contribution in [0.15, 0.2) is 59.7 Å². The van der Waals surface area contributed by atoms with Crippen molar-refractivity contribution in [1.29, 1.82) is 0 Å². The molecule has 1 aliphatic heterocycles. The number of aliphatic imine (C=N–C) groups is 1. The van der Waals surface area contributed by atoms with E-state index in [0.29, 0.717) is 5.90 Å². The molecule has 2 atom stereocenters. The van der Waals surface area contributed by atoms with Crippen molar-refractivity contribution in [3.8, 4) is 0 Å². The van der Waals surface area contributed by atoms with Gasteiger partial charge in [0.05, 0.1) is 6.04 Å². The quantitative estimate of drug-likeness (QED) is 0.806. The van der Waals surface area contributed by atoms with Crippen LogP contribution in [0.3, 0.4) is 0 Å². The fraction of sp³-hybridized carbons (Fsp3) is 0.200. The highest BCUT2D eigenvalue weighted by atomic mass is 16.5. The fourth-order valence-corrected chi connectivity index (χ4v) is 2.11. The van der Waals surface area contributed by atoms with Crippen LogP contribution in [0.2, 0.25) is 0 Å². The van der Waals surface area contributed by atoms with Gasteiger partial charge in [-0.1, -0.05) is 36.4 Å². The Morgan fingerprint density at radius 1 is 1.00 bits per heavy atom. The van der Waals surface area contributed by atoms with Crippen LogP contribution in [0.1, 0.15) is 24.3 Å². The van der Waals surface area contributed by atoms with Gasteiger partial charge in [0.2, 0.25) is 5.90 Å². The fourth-order valence-electron chi connectivity index (χ4n) is 2.11. The van der Waals surface area contributed by atoms with Crippen LogP contribution in [0.25, 0.3) is 0 Å². The summed E-state index contributed by atoms with van der Waals surface area (Å²) in [5.41, 5.74) is 1.95. The molecule has 2 heterocycles. The van der Waals surface area contributed by atoms with Crippen LogP contribution in [-0.4, -0.2) is 16.9 Å². The zero-order chi connectivity index (χ0) is 12.4. The molecule has 3 rings (SSSR count). The van der Waals surface area contributed by atoms with E-state index < -0.39 is 0 Å². The molecule has 3 heteroatoms. The maximum absolute atomic E-state index is 5.93. The second-order valence-electron chi connectivity index (χ2n) is 4.34. The van der Waals surface area contributed by atoms with Crippen molar-refractivity contribution in [3.05, 3.63) is 66.0 Å². The van der Waals surface area contributed by atoms with Gasteiger partial charge in [0.25, 0.3) is 0 Å². The summed E-state index contributed by atoms with van der Waals surface area (Å²) >= 11 is 0. The van der Waals surface area contributed by atoms with Crippen molar-refractivity contribution < 1.29 is 4.74 Å². The number of hydrogen-bond acceptors (Lipinski definition) is 3. The summed E-state index contributed by atoms with van der Waals surface area (Å²) in [6.45, 7) is 2.06. The molecule has 0 N–H and O–H groups in total. The highest BCUT2D eigenvalue weighted by Crippen LogP contribution is 2.30. The molecule has 0 radical (unpaired) electrons. The highest BCUT2D eigenvalue weighted by Gasteiger charge is 2.29. The van der Waals surface area contributed by atoms with Crippen molar-refractivity contribution in [2.45, 2.75) is 19.1 Å². The Labute approximate surface area is 106 Å². The van der Waals surface area contributed by atoms with E-state index in [0.717, 1.165) is 11.3 Å². The van der Waals surface area contributed by atoms with E-state index in [9.17, 15) is 0 Å². The van der Waals surface area contributed by atoms with Gasteiger partial charge in [0.1, 0.15) is 11.8 Å². The molecular formula is C15H14N2O. The van der Waals surface area contributed by atoms with E-state index in [4.69, 9.17) is 4.74 Å². The number of pyridine rings is 1. The summed E-state index contributed by atoms with van der Waals surface area (Å²) in [6, 6.07) is 16.0. The first-order valence-electron chi connectivity index (χ1n) is 6.05. The molecule has 0 amide bonds. The third-order valence-electron chi connectivity index (χ3n) is 3.01. The molecule has 0 bridgehead atoms. The van der Waals surface area contributed by atoms with Crippen LogP contribution in [0.5, 0.6) is 0 Å². The molecule has 0 saturated carbocycles. The van der Waals surface area contributed by atoms with E-state index in [-0.39, 0.29) is 12.1 Å². The minimum atomic E-state index is -0.0109. The molecule has 2 aromatic rings. The first-order valence-corrected chi connectivity index (χ1v) is 6.05. The van der Waals surface area contributed by atoms with Crippen LogP contribution < -0.4 is 0 Å². The number of hydrogen-bond donors (Lipinski definition) is 0. The van der Waals surface area contributed by atoms with Crippen molar-refractivity contribution in [2.24, 2.45) is 4.99 Å². The predicted molar refractivity (Wildman–Crippen MR) is 70.5 cm³/mol. The lowest BCUT2D eigenvalue weighted by Gasteiger charge is -2.14. The van der Waals surface area contributed by atoms with Gasteiger partial charge in [0, 0.05) is 6.20 Å². The minimum Gasteiger partial charge on any atom is -0.466 e. The first kappa shape index (κ1) is 11.0. The molecule has 18 heavy (non-hydrogen) atoms. The summed E-state index contributed by atoms with van der Waals surface area (Å²) in [5.74, 6) is 0.636. The maximum Gasteiger partial charge on any atom is 0.236 e.